The predicted octanol–water partition coefficient (Wildman–Crippen LogP) is 7.57. The highest BCUT2D eigenvalue weighted by atomic mass is 19.4. The molecule has 0 aliphatic rings. The minimum Gasteiger partial charge on any atom is -0.359 e. The molecule has 2 N–H and O–H groups in total. The molecule has 0 aliphatic carbocycles. The number of alkyl halides is 6. The van der Waals surface area contributed by atoms with Crippen LogP contribution in [0.4, 0.5) is 32.0 Å². The number of halogens is 6. The maximum absolute atomic E-state index is 13.0. The van der Waals surface area contributed by atoms with Gasteiger partial charge in [-0.25, -0.2) is 4.68 Å². The van der Waals surface area contributed by atoms with Gasteiger partial charge in [0.25, 0.3) is 5.91 Å². The molecule has 5 aromatic rings. The van der Waals surface area contributed by atoms with Crippen LogP contribution in [0, 0.1) is 0 Å². The average Bonchev–Trinajstić information content (AvgIpc) is 3.47. The Morgan fingerprint density at radius 1 is 0.761 bits per heavy atom. The van der Waals surface area contributed by atoms with Crippen LogP contribution in [0.15, 0.2) is 97.2 Å². The Kier molecular flexibility index (Phi) is 8.94. The number of aromatic nitrogens is 3. The number of hydrogen-bond acceptors (Lipinski definition) is 4. The Hall–Kier alpha value is -5.46. The molecule has 46 heavy (non-hydrogen) atoms. The zero-order chi connectivity index (χ0) is 33.1. The van der Waals surface area contributed by atoms with Crippen molar-refractivity contribution in [1.29, 1.82) is 0 Å². The van der Waals surface area contributed by atoms with Gasteiger partial charge in [0, 0.05) is 37.3 Å². The molecular weight excluding hydrogens is 612 g/mol. The summed E-state index contributed by atoms with van der Waals surface area (Å²) >= 11 is 0. The molecule has 0 aliphatic heterocycles. The molecule has 0 spiro atoms. The fraction of sp³-hybridized carbons (Fsp3) is 0.152. The van der Waals surface area contributed by atoms with Gasteiger partial charge in [-0.15, -0.1) is 0 Å². The number of nitrogens with zero attached hydrogens (tertiary/aromatic N) is 3. The molecule has 0 bridgehead atoms. The Morgan fingerprint density at radius 2 is 1.37 bits per heavy atom. The molecule has 0 fully saturated rings. The van der Waals surface area contributed by atoms with Gasteiger partial charge < -0.3 is 10.6 Å². The molecule has 0 unspecified atom stereocenters. The summed E-state index contributed by atoms with van der Waals surface area (Å²) < 4.78 is 79.0. The van der Waals surface area contributed by atoms with Crippen molar-refractivity contribution in [1.82, 2.24) is 20.1 Å². The van der Waals surface area contributed by atoms with E-state index in [4.69, 9.17) is 0 Å². The molecule has 2 heterocycles. The molecule has 236 valence electrons. The van der Waals surface area contributed by atoms with Gasteiger partial charge in [0.15, 0.2) is 0 Å². The average molecular weight is 638 g/mol. The fourth-order valence-electron chi connectivity index (χ4n) is 4.59. The molecule has 7 nitrogen and oxygen atoms in total. The van der Waals surface area contributed by atoms with Gasteiger partial charge in [-0.05, 0) is 65.7 Å². The van der Waals surface area contributed by atoms with Crippen LogP contribution in [0.5, 0.6) is 0 Å². The molecular formula is C33H25F6N5O2. The van der Waals surface area contributed by atoms with Gasteiger partial charge in [-0.2, -0.15) is 31.4 Å². The first-order chi connectivity index (χ1) is 21.8. The molecule has 0 saturated heterocycles. The van der Waals surface area contributed by atoms with E-state index in [2.05, 4.69) is 20.7 Å². The normalized spacial score (nSPS) is 11.7. The monoisotopic (exact) mass is 637 g/mol. The lowest BCUT2D eigenvalue weighted by atomic mass is 10.0. The lowest BCUT2D eigenvalue weighted by Crippen LogP contribution is -2.18. The first-order valence-corrected chi connectivity index (χ1v) is 13.8. The van der Waals surface area contributed by atoms with Crippen LogP contribution in [0.2, 0.25) is 0 Å². The van der Waals surface area contributed by atoms with Gasteiger partial charge in [-0.3, -0.25) is 14.6 Å². The molecule has 2 amide bonds. The molecule has 5 rings (SSSR count). The highest BCUT2D eigenvalue weighted by Crippen LogP contribution is 2.32. The number of nitrogens with one attached hydrogen (secondary N) is 2. The summed E-state index contributed by atoms with van der Waals surface area (Å²) in [6, 6.07) is 22.3. The van der Waals surface area contributed by atoms with E-state index >= 15 is 0 Å². The van der Waals surface area contributed by atoms with Gasteiger partial charge in [0.05, 0.1) is 28.2 Å². The van der Waals surface area contributed by atoms with Crippen LogP contribution < -0.4 is 10.6 Å². The first kappa shape index (κ1) is 31.9. The highest BCUT2D eigenvalue weighted by Gasteiger charge is 2.32. The van der Waals surface area contributed by atoms with Gasteiger partial charge >= 0.3 is 12.4 Å². The third-order valence-electron chi connectivity index (χ3n) is 7.06. The summed E-state index contributed by atoms with van der Waals surface area (Å²) in [5.74, 6) is -0.793. The first-order valence-electron chi connectivity index (χ1n) is 13.8. The highest BCUT2D eigenvalue weighted by molar-refractivity contribution is 6.04. The fourth-order valence-corrected chi connectivity index (χ4v) is 4.59. The minimum atomic E-state index is -4.62. The van der Waals surface area contributed by atoms with Crippen molar-refractivity contribution < 1.29 is 35.9 Å². The van der Waals surface area contributed by atoms with E-state index in [-0.39, 0.29) is 17.9 Å². The van der Waals surface area contributed by atoms with Gasteiger partial charge in [0.2, 0.25) is 5.91 Å². The second-order valence-corrected chi connectivity index (χ2v) is 10.2. The van der Waals surface area contributed by atoms with E-state index in [1.165, 1.54) is 12.1 Å². The lowest BCUT2D eigenvalue weighted by Gasteiger charge is -2.11. The molecule has 0 atom stereocenters. The third kappa shape index (κ3) is 7.42. The largest absolute Gasteiger partial charge is 0.433 e. The van der Waals surface area contributed by atoms with E-state index in [0.717, 1.165) is 36.0 Å². The maximum Gasteiger partial charge on any atom is 0.433 e. The van der Waals surface area contributed by atoms with Crippen molar-refractivity contribution in [2.24, 2.45) is 0 Å². The van der Waals surface area contributed by atoms with Crippen LogP contribution in [0.3, 0.4) is 0 Å². The van der Waals surface area contributed by atoms with E-state index in [9.17, 15) is 35.9 Å². The predicted molar refractivity (Wildman–Crippen MR) is 159 cm³/mol. The van der Waals surface area contributed by atoms with Crippen molar-refractivity contribution in [2.75, 3.05) is 12.4 Å². The SMILES string of the molecule is CNC(=O)CCc1cc(-c2ccc(-c3ccc(C(F)(F)F)cc3)cc2)n(-c2ccc(NC(=O)c3ccc(C(F)(F)F)nc3)cc2)n1. The van der Waals surface area contributed by atoms with Gasteiger partial charge in [-0.1, -0.05) is 36.4 Å². The Bertz CT molecular complexity index is 1830. The maximum atomic E-state index is 13.0. The summed E-state index contributed by atoms with van der Waals surface area (Å²) in [7, 11) is 1.54. The van der Waals surface area contributed by atoms with Crippen molar-refractivity contribution in [3.63, 3.8) is 0 Å². The Balaban J connectivity index is 1.39. The number of rotatable bonds is 8. The number of anilines is 1. The molecule has 0 radical (unpaired) electrons. The molecule has 13 heteroatoms. The van der Waals surface area contributed by atoms with Crippen LogP contribution in [-0.2, 0) is 23.6 Å². The topological polar surface area (TPSA) is 88.9 Å². The Labute approximate surface area is 258 Å². The van der Waals surface area contributed by atoms with Crippen molar-refractivity contribution >= 4 is 17.5 Å². The minimum absolute atomic E-state index is 0.0491. The number of hydrogen-bond donors (Lipinski definition) is 2. The summed E-state index contributed by atoms with van der Waals surface area (Å²) in [6.45, 7) is 0. The second kappa shape index (κ2) is 12.9. The molecule has 2 aromatic heterocycles. The van der Waals surface area contributed by atoms with Crippen LogP contribution in [0.25, 0.3) is 28.1 Å². The van der Waals surface area contributed by atoms with E-state index in [0.29, 0.717) is 40.3 Å². The van der Waals surface area contributed by atoms with Crippen molar-refractivity contribution in [3.05, 3.63) is 120 Å². The van der Waals surface area contributed by atoms with Crippen molar-refractivity contribution in [2.45, 2.75) is 25.2 Å². The smallest absolute Gasteiger partial charge is 0.359 e. The second-order valence-electron chi connectivity index (χ2n) is 10.2. The van der Waals surface area contributed by atoms with E-state index in [1.807, 2.05) is 18.2 Å². The number of amides is 2. The standard InChI is InChI=1S/C33H25F6N5O2/c1-40-30(45)17-13-26-18-28(22-4-2-20(3-5-22)21-6-9-24(10-7-21)32(34,35)36)44(43-26)27-14-11-25(12-15-27)42-31(46)23-8-16-29(41-19-23)33(37,38)39/h2-12,14-16,18-19H,13,17H2,1H3,(H,40,45)(H,42,46). The number of pyridine rings is 1. The van der Waals surface area contributed by atoms with E-state index < -0.39 is 29.5 Å². The Morgan fingerprint density at radius 3 is 1.91 bits per heavy atom. The van der Waals surface area contributed by atoms with Crippen LogP contribution in [-0.4, -0.2) is 33.6 Å². The van der Waals surface area contributed by atoms with Crippen LogP contribution >= 0.6 is 0 Å². The zero-order valence-corrected chi connectivity index (χ0v) is 24.1. The third-order valence-corrected chi connectivity index (χ3v) is 7.06. The summed E-state index contributed by atoms with van der Waals surface area (Å²) in [5, 5.41) is 9.88. The number of carbonyl (C=O) groups excluding carboxylic acids is 2. The van der Waals surface area contributed by atoms with E-state index in [1.54, 1.807) is 48.1 Å². The summed E-state index contributed by atoms with van der Waals surface area (Å²) in [5.41, 5.74) is 2.50. The lowest BCUT2D eigenvalue weighted by molar-refractivity contribution is -0.141. The molecule has 0 saturated carbocycles. The quantitative estimate of drug-likeness (QED) is 0.172. The zero-order valence-electron chi connectivity index (χ0n) is 24.1. The van der Waals surface area contributed by atoms with Crippen molar-refractivity contribution in [3.8, 4) is 28.1 Å². The number of carbonyl (C=O) groups is 2. The molecule has 3 aromatic carbocycles. The van der Waals surface area contributed by atoms with Gasteiger partial charge in [0.1, 0.15) is 5.69 Å². The summed E-state index contributed by atoms with van der Waals surface area (Å²) in [4.78, 5) is 27.7. The van der Waals surface area contributed by atoms with Crippen LogP contribution in [0.1, 0.15) is 33.7 Å². The number of benzene rings is 3. The summed E-state index contributed by atoms with van der Waals surface area (Å²) in [6.07, 6.45) is -7.62. The number of aryl methyl sites for hydroxylation is 1.